The Morgan fingerprint density at radius 3 is 2.75 bits per heavy atom. The number of nitrogens with two attached hydrogens (primary N) is 1. The van der Waals surface area contributed by atoms with E-state index in [2.05, 4.69) is 10.4 Å². The van der Waals surface area contributed by atoms with Crippen molar-refractivity contribution in [2.24, 2.45) is 5.84 Å². The molecule has 0 aliphatic rings. The molecule has 4 nitrogen and oxygen atoms in total. The van der Waals surface area contributed by atoms with E-state index < -0.39 is 0 Å². The predicted octanol–water partition coefficient (Wildman–Crippen LogP) is 1.84. The molecule has 3 N–H and O–H groups in total. The van der Waals surface area contributed by atoms with Crippen molar-refractivity contribution in [2.45, 2.75) is 19.9 Å². The Morgan fingerprint density at radius 1 is 1.38 bits per heavy atom. The zero-order valence-electron chi connectivity index (χ0n) is 9.40. The molecule has 4 heteroatoms. The molecule has 1 unspecified atom stereocenters. The van der Waals surface area contributed by atoms with Crippen LogP contribution in [0.2, 0.25) is 0 Å². The molecule has 2 heterocycles. The number of nitrogens with one attached hydrogen (secondary N) is 1. The van der Waals surface area contributed by atoms with Crippen molar-refractivity contribution in [1.82, 2.24) is 10.4 Å². The fraction of sp³-hybridized carbons (Fsp3) is 0.250. The van der Waals surface area contributed by atoms with Gasteiger partial charge in [0.2, 0.25) is 0 Å². The van der Waals surface area contributed by atoms with Gasteiger partial charge in [-0.25, -0.2) is 5.43 Å². The minimum atomic E-state index is -0.151. The van der Waals surface area contributed by atoms with Crippen molar-refractivity contribution in [3.05, 3.63) is 53.2 Å². The first kappa shape index (κ1) is 10.9. The summed E-state index contributed by atoms with van der Waals surface area (Å²) in [6.07, 6.45) is 5.27. The van der Waals surface area contributed by atoms with Crippen LogP contribution in [0.15, 0.2) is 35.2 Å². The van der Waals surface area contributed by atoms with Gasteiger partial charge in [0.05, 0.1) is 6.26 Å². The van der Waals surface area contributed by atoms with Gasteiger partial charge in [0.15, 0.2) is 0 Å². The van der Waals surface area contributed by atoms with Gasteiger partial charge in [-0.05, 0) is 36.6 Å². The van der Waals surface area contributed by atoms with Crippen LogP contribution < -0.4 is 11.3 Å². The standard InChI is InChI=1S/C12H15N3O/c1-8-5-10(7-14-6-8)11(15-13)12-9(2)3-4-16-12/h3-7,11,15H,13H2,1-2H3. The summed E-state index contributed by atoms with van der Waals surface area (Å²) in [5.41, 5.74) is 5.93. The van der Waals surface area contributed by atoms with Crippen molar-refractivity contribution < 1.29 is 4.42 Å². The quantitative estimate of drug-likeness (QED) is 0.608. The molecule has 0 saturated heterocycles. The second-order valence-corrected chi connectivity index (χ2v) is 3.86. The van der Waals surface area contributed by atoms with E-state index in [1.165, 1.54) is 0 Å². The van der Waals surface area contributed by atoms with Gasteiger partial charge in [0.25, 0.3) is 0 Å². The summed E-state index contributed by atoms with van der Waals surface area (Å²) in [4.78, 5) is 4.16. The highest BCUT2D eigenvalue weighted by Crippen LogP contribution is 2.24. The molecule has 0 fully saturated rings. The fourth-order valence-electron chi connectivity index (χ4n) is 1.74. The topological polar surface area (TPSA) is 64.1 Å². The zero-order valence-corrected chi connectivity index (χ0v) is 9.40. The molecular formula is C12H15N3O. The SMILES string of the molecule is Cc1cncc(C(NN)c2occc2C)c1. The van der Waals surface area contributed by atoms with Crippen molar-refractivity contribution in [2.75, 3.05) is 0 Å². The first-order chi connectivity index (χ1) is 7.72. The summed E-state index contributed by atoms with van der Waals surface area (Å²) in [6, 6.07) is 3.81. The average molecular weight is 217 g/mol. The van der Waals surface area contributed by atoms with Gasteiger partial charge in [-0.15, -0.1) is 0 Å². The Hall–Kier alpha value is -1.65. The Morgan fingerprint density at radius 2 is 2.19 bits per heavy atom. The van der Waals surface area contributed by atoms with E-state index in [0.29, 0.717) is 0 Å². The van der Waals surface area contributed by atoms with E-state index in [0.717, 1.165) is 22.5 Å². The van der Waals surface area contributed by atoms with Gasteiger partial charge in [-0.3, -0.25) is 10.8 Å². The van der Waals surface area contributed by atoms with Gasteiger partial charge in [0.1, 0.15) is 11.8 Å². The van der Waals surface area contributed by atoms with Crippen LogP contribution in [0.25, 0.3) is 0 Å². The van der Waals surface area contributed by atoms with E-state index in [9.17, 15) is 0 Å². The summed E-state index contributed by atoms with van der Waals surface area (Å²) >= 11 is 0. The normalized spacial score (nSPS) is 12.7. The van der Waals surface area contributed by atoms with Gasteiger partial charge < -0.3 is 4.42 Å². The number of rotatable bonds is 3. The van der Waals surface area contributed by atoms with E-state index >= 15 is 0 Å². The highest BCUT2D eigenvalue weighted by atomic mass is 16.3. The van der Waals surface area contributed by atoms with Gasteiger partial charge in [0, 0.05) is 12.4 Å². The highest BCUT2D eigenvalue weighted by Gasteiger charge is 2.18. The lowest BCUT2D eigenvalue weighted by atomic mass is 10.0. The van der Waals surface area contributed by atoms with Crippen LogP contribution in [0.1, 0.15) is 28.5 Å². The van der Waals surface area contributed by atoms with Crippen LogP contribution in [0.4, 0.5) is 0 Å². The van der Waals surface area contributed by atoms with Gasteiger partial charge in [-0.2, -0.15) is 0 Å². The van der Waals surface area contributed by atoms with Gasteiger partial charge in [-0.1, -0.05) is 6.07 Å². The van der Waals surface area contributed by atoms with Crippen LogP contribution in [-0.2, 0) is 0 Å². The zero-order chi connectivity index (χ0) is 11.5. The molecule has 0 amide bonds. The number of aromatic nitrogens is 1. The van der Waals surface area contributed by atoms with E-state index in [1.54, 1.807) is 12.5 Å². The fourth-order valence-corrected chi connectivity index (χ4v) is 1.74. The lowest BCUT2D eigenvalue weighted by molar-refractivity contribution is 0.448. The lowest BCUT2D eigenvalue weighted by Crippen LogP contribution is -2.29. The molecule has 2 aromatic heterocycles. The maximum absolute atomic E-state index is 5.58. The molecule has 1 atom stereocenters. The van der Waals surface area contributed by atoms with Crippen LogP contribution in [0, 0.1) is 13.8 Å². The van der Waals surface area contributed by atoms with Crippen LogP contribution >= 0.6 is 0 Å². The molecular weight excluding hydrogens is 202 g/mol. The van der Waals surface area contributed by atoms with Crippen molar-refractivity contribution in [3.8, 4) is 0 Å². The number of pyridine rings is 1. The lowest BCUT2D eigenvalue weighted by Gasteiger charge is -2.14. The first-order valence-electron chi connectivity index (χ1n) is 5.14. The molecule has 2 aromatic rings. The van der Waals surface area contributed by atoms with E-state index in [4.69, 9.17) is 10.3 Å². The van der Waals surface area contributed by atoms with Crippen molar-refractivity contribution in [3.63, 3.8) is 0 Å². The summed E-state index contributed by atoms with van der Waals surface area (Å²) in [5.74, 6) is 6.41. The summed E-state index contributed by atoms with van der Waals surface area (Å²) in [5, 5.41) is 0. The number of furan rings is 1. The smallest absolute Gasteiger partial charge is 0.129 e. The number of hydrogen-bond acceptors (Lipinski definition) is 4. The summed E-state index contributed by atoms with van der Waals surface area (Å²) in [6.45, 7) is 3.99. The molecule has 0 bridgehead atoms. The second-order valence-electron chi connectivity index (χ2n) is 3.86. The van der Waals surface area contributed by atoms with Crippen LogP contribution in [-0.4, -0.2) is 4.98 Å². The maximum atomic E-state index is 5.58. The number of nitrogens with zero attached hydrogens (tertiary/aromatic N) is 1. The third-order valence-electron chi connectivity index (χ3n) is 2.56. The molecule has 0 radical (unpaired) electrons. The average Bonchev–Trinajstić information content (AvgIpc) is 2.67. The minimum Gasteiger partial charge on any atom is -0.467 e. The maximum Gasteiger partial charge on any atom is 0.129 e. The van der Waals surface area contributed by atoms with Crippen molar-refractivity contribution in [1.29, 1.82) is 0 Å². The third kappa shape index (κ3) is 1.98. The largest absolute Gasteiger partial charge is 0.467 e. The second kappa shape index (κ2) is 4.47. The Kier molecular flexibility index (Phi) is 3.03. The molecule has 16 heavy (non-hydrogen) atoms. The van der Waals surface area contributed by atoms with Gasteiger partial charge >= 0.3 is 0 Å². The Labute approximate surface area is 94.5 Å². The Bertz CT molecular complexity index is 479. The summed E-state index contributed by atoms with van der Waals surface area (Å²) < 4.78 is 5.44. The number of aryl methyl sites for hydroxylation is 2. The van der Waals surface area contributed by atoms with Crippen LogP contribution in [0.5, 0.6) is 0 Å². The van der Waals surface area contributed by atoms with Crippen molar-refractivity contribution >= 4 is 0 Å². The number of hydrazine groups is 1. The Balaban J connectivity index is 2.40. The molecule has 0 spiro atoms. The highest BCUT2D eigenvalue weighted by molar-refractivity contribution is 5.30. The van der Waals surface area contributed by atoms with Crippen LogP contribution in [0.3, 0.4) is 0 Å². The van der Waals surface area contributed by atoms with E-state index in [1.807, 2.05) is 32.2 Å². The minimum absolute atomic E-state index is 0.151. The first-order valence-corrected chi connectivity index (χ1v) is 5.14. The molecule has 0 aliphatic carbocycles. The third-order valence-corrected chi connectivity index (χ3v) is 2.56. The van der Waals surface area contributed by atoms with E-state index in [-0.39, 0.29) is 6.04 Å². The molecule has 0 aliphatic heterocycles. The molecule has 84 valence electrons. The predicted molar refractivity (Wildman–Crippen MR) is 61.6 cm³/mol. The monoisotopic (exact) mass is 217 g/mol. The number of hydrogen-bond donors (Lipinski definition) is 2. The molecule has 0 aromatic carbocycles. The molecule has 2 rings (SSSR count). The summed E-state index contributed by atoms with van der Waals surface area (Å²) in [7, 11) is 0. The molecule has 0 saturated carbocycles.